The number of nitriles is 1. The van der Waals surface area contributed by atoms with Crippen LogP contribution in [0.15, 0.2) is 52.2 Å². The van der Waals surface area contributed by atoms with Gasteiger partial charge in [0.1, 0.15) is 17.1 Å². The van der Waals surface area contributed by atoms with Crippen molar-refractivity contribution >= 4 is 21.1 Å². The number of hydrogen-bond acceptors (Lipinski definition) is 8. The van der Waals surface area contributed by atoms with Gasteiger partial charge in [-0.05, 0) is 50.2 Å². The van der Waals surface area contributed by atoms with Gasteiger partial charge >= 0.3 is 0 Å². The summed E-state index contributed by atoms with van der Waals surface area (Å²) in [5.74, 6) is 0.621. The number of fused-ring (bicyclic) bond motifs is 1. The van der Waals surface area contributed by atoms with E-state index in [0.717, 1.165) is 12.0 Å². The van der Waals surface area contributed by atoms with Gasteiger partial charge in [0.25, 0.3) is 5.56 Å². The van der Waals surface area contributed by atoms with E-state index in [4.69, 9.17) is 14.8 Å². The van der Waals surface area contributed by atoms with Crippen LogP contribution in [0, 0.1) is 11.3 Å². The molecule has 12 heteroatoms. The number of aryl methyl sites for hydroxylation is 1. The number of hydrogen-bond donors (Lipinski definition) is 1. The minimum atomic E-state index is -3.77. The lowest BCUT2D eigenvalue weighted by Gasteiger charge is -2.31. The van der Waals surface area contributed by atoms with E-state index < -0.39 is 15.6 Å². The van der Waals surface area contributed by atoms with E-state index in [-0.39, 0.29) is 17.3 Å². The van der Waals surface area contributed by atoms with Crippen molar-refractivity contribution in [2.45, 2.75) is 38.1 Å². The van der Waals surface area contributed by atoms with Crippen LogP contribution >= 0.6 is 0 Å². The molecule has 1 aliphatic rings. The maximum atomic E-state index is 13.6. The first-order chi connectivity index (χ1) is 19.8. The topological polar surface area (TPSA) is 137 Å². The second-order valence-corrected chi connectivity index (χ2v) is 12.0. The molecule has 4 aromatic rings. The molecule has 5 rings (SSSR count). The van der Waals surface area contributed by atoms with E-state index in [1.54, 1.807) is 22.9 Å². The molecule has 1 aliphatic heterocycles. The number of nitrogens with one attached hydrogen (secondary N) is 1. The van der Waals surface area contributed by atoms with Crippen molar-refractivity contribution < 1.29 is 13.2 Å². The second-order valence-electron chi connectivity index (χ2n) is 10.0. The average molecular weight is 576 g/mol. The van der Waals surface area contributed by atoms with Gasteiger partial charge < -0.3 is 14.6 Å². The number of nitrogens with zero attached hydrogens (tertiary/aromatic N) is 6. The third kappa shape index (κ3) is 5.61. The zero-order chi connectivity index (χ0) is 29.1. The van der Waals surface area contributed by atoms with Gasteiger partial charge in [-0.3, -0.25) is 9.48 Å². The summed E-state index contributed by atoms with van der Waals surface area (Å²) in [6.45, 7) is 6.53. The molecule has 2 aromatic carbocycles. The number of rotatable bonds is 9. The molecule has 1 N–H and O–H groups in total. The normalized spacial score (nSPS) is 14.8. The zero-order valence-corrected chi connectivity index (χ0v) is 24.2. The lowest BCUT2D eigenvalue weighted by Crippen LogP contribution is -2.47. The summed E-state index contributed by atoms with van der Waals surface area (Å²) < 4.78 is 36.0. The van der Waals surface area contributed by atoms with E-state index in [9.17, 15) is 18.5 Å². The fourth-order valence-corrected chi connectivity index (χ4v) is 6.49. The minimum Gasteiger partial charge on any atom is -0.493 e. The Kier molecular flexibility index (Phi) is 8.21. The first kappa shape index (κ1) is 28.5. The van der Waals surface area contributed by atoms with Crippen LogP contribution in [0.4, 0.5) is 0 Å². The van der Waals surface area contributed by atoms with Gasteiger partial charge in [0.15, 0.2) is 5.52 Å². The van der Waals surface area contributed by atoms with Crippen molar-refractivity contribution in [3.05, 3.63) is 69.6 Å². The van der Waals surface area contributed by atoms with Crippen LogP contribution in [0.25, 0.3) is 22.4 Å². The number of benzene rings is 2. The molecule has 0 bridgehead atoms. The Morgan fingerprint density at radius 1 is 1.10 bits per heavy atom. The highest BCUT2D eigenvalue weighted by molar-refractivity contribution is 7.89. The average Bonchev–Trinajstić information content (AvgIpc) is 3.31. The SMILES string of the molecule is CCCc1nn(Cc2ccccc2C#N)c2c(=O)[nH]c(-c3cc(S(=O)(=O)N4CCN(C)CC4)ccc3OCC)nc12. The summed E-state index contributed by atoms with van der Waals surface area (Å²) in [6.07, 6.45) is 1.38. The molecule has 0 atom stereocenters. The first-order valence-corrected chi connectivity index (χ1v) is 15.1. The summed E-state index contributed by atoms with van der Waals surface area (Å²) in [4.78, 5) is 23.5. The number of aromatic nitrogens is 4. The third-order valence-electron chi connectivity index (χ3n) is 7.22. The highest BCUT2D eigenvalue weighted by Crippen LogP contribution is 2.32. The van der Waals surface area contributed by atoms with Crippen LogP contribution in [-0.4, -0.2) is 77.2 Å². The van der Waals surface area contributed by atoms with E-state index >= 15 is 0 Å². The smallest absolute Gasteiger partial charge is 0.277 e. The highest BCUT2D eigenvalue weighted by Gasteiger charge is 2.29. The molecule has 0 saturated carbocycles. The molecule has 1 fully saturated rings. The number of likely N-dealkylation sites (N-methyl/N-ethyl adjacent to an activating group) is 1. The van der Waals surface area contributed by atoms with Crippen molar-refractivity contribution in [3.8, 4) is 23.2 Å². The van der Waals surface area contributed by atoms with Gasteiger partial charge in [0.2, 0.25) is 10.0 Å². The van der Waals surface area contributed by atoms with Gasteiger partial charge in [0, 0.05) is 26.2 Å². The van der Waals surface area contributed by atoms with Gasteiger partial charge in [-0.25, -0.2) is 13.4 Å². The molecular formula is C29H33N7O4S. The summed E-state index contributed by atoms with van der Waals surface area (Å²) in [7, 11) is -1.80. The number of piperazine rings is 1. The standard InChI is InChI=1S/C29H33N7O4S/c1-4-8-24-26-27(36(33-24)19-21-10-7-6-9-20(21)18-30)29(37)32-28(31-26)23-17-22(11-12-25(23)40-5-2)41(38,39)35-15-13-34(3)14-16-35/h6-7,9-12,17H,4-5,8,13-16,19H2,1-3H3,(H,31,32,37). The van der Waals surface area contributed by atoms with Crippen LogP contribution < -0.4 is 10.3 Å². The molecular weight excluding hydrogens is 542 g/mol. The largest absolute Gasteiger partial charge is 0.493 e. The molecule has 41 heavy (non-hydrogen) atoms. The van der Waals surface area contributed by atoms with Crippen molar-refractivity contribution in [2.24, 2.45) is 0 Å². The number of sulfonamides is 1. The lowest BCUT2D eigenvalue weighted by atomic mass is 10.1. The first-order valence-electron chi connectivity index (χ1n) is 13.7. The van der Waals surface area contributed by atoms with E-state index in [0.29, 0.717) is 72.8 Å². The van der Waals surface area contributed by atoms with Gasteiger partial charge in [-0.1, -0.05) is 31.5 Å². The molecule has 0 unspecified atom stereocenters. The third-order valence-corrected chi connectivity index (χ3v) is 9.11. The van der Waals surface area contributed by atoms with Gasteiger partial charge in [0.05, 0.1) is 40.9 Å². The van der Waals surface area contributed by atoms with Gasteiger partial charge in [-0.15, -0.1) is 0 Å². The van der Waals surface area contributed by atoms with Crippen molar-refractivity contribution in [1.82, 2.24) is 29.0 Å². The van der Waals surface area contributed by atoms with E-state index in [2.05, 4.69) is 16.0 Å². The molecule has 2 aromatic heterocycles. The summed E-state index contributed by atoms with van der Waals surface area (Å²) in [6, 6.07) is 14.1. The Morgan fingerprint density at radius 3 is 2.56 bits per heavy atom. The summed E-state index contributed by atoms with van der Waals surface area (Å²) in [5.41, 5.74) is 2.61. The lowest BCUT2D eigenvalue weighted by molar-refractivity contribution is 0.222. The number of H-pyrrole nitrogens is 1. The second kappa shape index (κ2) is 11.8. The van der Waals surface area contributed by atoms with Crippen LogP contribution in [0.5, 0.6) is 5.75 Å². The fraction of sp³-hybridized carbons (Fsp3) is 0.379. The molecule has 11 nitrogen and oxygen atoms in total. The van der Waals surface area contributed by atoms with E-state index in [1.807, 2.05) is 33.0 Å². The summed E-state index contributed by atoms with van der Waals surface area (Å²) in [5, 5.41) is 14.3. The van der Waals surface area contributed by atoms with Crippen LogP contribution in [-0.2, 0) is 23.0 Å². The number of aromatic amines is 1. The maximum Gasteiger partial charge on any atom is 0.277 e. The van der Waals surface area contributed by atoms with Crippen LogP contribution in [0.1, 0.15) is 37.1 Å². The molecule has 0 amide bonds. The minimum absolute atomic E-state index is 0.112. The molecule has 0 aliphatic carbocycles. The fourth-order valence-electron chi connectivity index (χ4n) is 5.04. The Labute approximate surface area is 239 Å². The van der Waals surface area contributed by atoms with Crippen LogP contribution in [0.2, 0.25) is 0 Å². The highest BCUT2D eigenvalue weighted by atomic mass is 32.2. The predicted molar refractivity (Wildman–Crippen MR) is 155 cm³/mol. The molecule has 0 spiro atoms. The van der Waals surface area contributed by atoms with Gasteiger partial charge in [-0.2, -0.15) is 14.7 Å². The quantitative estimate of drug-likeness (QED) is 0.322. The van der Waals surface area contributed by atoms with Crippen molar-refractivity contribution in [3.63, 3.8) is 0 Å². The molecule has 214 valence electrons. The predicted octanol–water partition coefficient (Wildman–Crippen LogP) is 2.99. The van der Waals surface area contributed by atoms with Crippen molar-refractivity contribution in [1.29, 1.82) is 5.26 Å². The van der Waals surface area contributed by atoms with Crippen molar-refractivity contribution in [2.75, 3.05) is 39.8 Å². The molecule has 1 saturated heterocycles. The van der Waals surface area contributed by atoms with E-state index in [1.165, 1.54) is 16.4 Å². The number of ether oxygens (including phenoxy) is 1. The maximum absolute atomic E-state index is 13.6. The zero-order valence-electron chi connectivity index (χ0n) is 23.4. The Balaban J connectivity index is 1.63. The Hall–Kier alpha value is -4.05. The summed E-state index contributed by atoms with van der Waals surface area (Å²) >= 11 is 0. The monoisotopic (exact) mass is 575 g/mol. The molecule has 0 radical (unpaired) electrons. The Bertz CT molecular complexity index is 1780. The van der Waals surface area contributed by atoms with Crippen LogP contribution in [0.3, 0.4) is 0 Å². The Morgan fingerprint density at radius 2 is 1.85 bits per heavy atom. The molecule has 3 heterocycles.